The molecule has 27 heavy (non-hydrogen) atoms. The number of hydrogen-bond donors (Lipinski definition) is 1. The van der Waals surface area contributed by atoms with Crippen molar-refractivity contribution in [3.8, 4) is 0 Å². The van der Waals surface area contributed by atoms with Crippen molar-refractivity contribution in [2.75, 3.05) is 14.2 Å². The molecule has 1 aromatic rings. The van der Waals surface area contributed by atoms with Gasteiger partial charge in [-0.3, -0.25) is 9.59 Å². The van der Waals surface area contributed by atoms with E-state index >= 15 is 0 Å². The molecule has 1 N–H and O–H groups in total. The summed E-state index contributed by atoms with van der Waals surface area (Å²) in [7, 11) is 2.44. The minimum atomic E-state index is -1.03. The van der Waals surface area contributed by atoms with Gasteiger partial charge in [0.2, 0.25) is 0 Å². The molecule has 0 bridgehead atoms. The number of amides is 1. The molecule has 7 nitrogen and oxygen atoms in total. The van der Waals surface area contributed by atoms with Crippen LogP contribution in [0.25, 0.3) is 0 Å². The van der Waals surface area contributed by atoms with Gasteiger partial charge < -0.3 is 19.5 Å². The fourth-order valence-corrected chi connectivity index (χ4v) is 2.58. The minimum absolute atomic E-state index is 0.187. The molecule has 0 heterocycles. The van der Waals surface area contributed by atoms with Gasteiger partial charge in [0, 0.05) is 6.04 Å². The Bertz CT molecular complexity index is 607. The lowest BCUT2D eigenvalue weighted by Gasteiger charge is -2.24. The van der Waals surface area contributed by atoms with Crippen molar-refractivity contribution in [1.82, 2.24) is 5.32 Å². The van der Waals surface area contributed by atoms with Crippen LogP contribution in [0, 0.1) is 5.92 Å². The third kappa shape index (κ3) is 8.57. The summed E-state index contributed by atoms with van der Waals surface area (Å²) >= 11 is 0. The summed E-state index contributed by atoms with van der Waals surface area (Å²) in [6, 6.07) is 9.30. The van der Waals surface area contributed by atoms with E-state index in [2.05, 4.69) is 14.8 Å². The molecule has 0 aliphatic carbocycles. The molecule has 0 saturated heterocycles. The third-order valence-electron chi connectivity index (χ3n) is 3.82. The van der Waals surface area contributed by atoms with Crippen molar-refractivity contribution in [2.45, 2.75) is 51.7 Å². The fraction of sp³-hybridized carbons (Fsp3) is 0.550. The maximum absolute atomic E-state index is 12.2. The van der Waals surface area contributed by atoms with Crippen LogP contribution in [0.15, 0.2) is 30.3 Å². The van der Waals surface area contributed by atoms with E-state index in [1.807, 2.05) is 30.3 Å². The summed E-state index contributed by atoms with van der Waals surface area (Å²) in [4.78, 5) is 35.9. The number of carbonyl (C=O) groups excluding carboxylic acids is 3. The van der Waals surface area contributed by atoms with Gasteiger partial charge in [-0.2, -0.15) is 0 Å². The first-order chi connectivity index (χ1) is 12.7. The Labute approximate surface area is 160 Å². The van der Waals surface area contributed by atoms with Crippen LogP contribution in [-0.4, -0.2) is 43.9 Å². The summed E-state index contributed by atoms with van der Waals surface area (Å²) in [5.41, 5.74) is 0.397. The lowest BCUT2D eigenvalue weighted by Crippen LogP contribution is -2.41. The van der Waals surface area contributed by atoms with E-state index in [4.69, 9.17) is 4.74 Å². The van der Waals surface area contributed by atoms with E-state index < -0.39 is 29.6 Å². The predicted molar refractivity (Wildman–Crippen MR) is 100 cm³/mol. The molecule has 0 spiro atoms. The topological polar surface area (TPSA) is 90.9 Å². The number of nitrogens with one attached hydrogen (secondary N) is 1. The van der Waals surface area contributed by atoms with Crippen LogP contribution in [0.5, 0.6) is 0 Å². The Morgan fingerprint density at radius 2 is 1.52 bits per heavy atom. The first kappa shape index (κ1) is 22.5. The highest BCUT2D eigenvalue weighted by Gasteiger charge is 2.30. The van der Waals surface area contributed by atoms with Gasteiger partial charge in [0.1, 0.15) is 5.60 Å². The second-order valence-corrected chi connectivity index (χ2v) is 7.21. The predicted octanol–water partition coefficient (Wildman–Crippen LogP) is 2.86. The molecule has 0 aromatic heterocycles. The zero-order chi connectivity index (χ0) is 20.4. The first-order valence-corrected chi connectivity index (χ1v) is 8.85. The number of carbonyl (C=O) groups is 3. The van der Waals surface area contributed by atoms with Gasteiger partial charge in [-0.05, 0) is 45.6 Å². The second kappa shape index (κ2) is 10.5. The molecule has 7 heteroatoms. The highest BCUT2D eigenvalue weighted by atomic mass is 16.6. The first-order valence-electron chi connectivity index (χ1n) is 8.85. The zero-order valence-electron chi connectivity index (χ0n) is 16.6. The van der Waals surface area contributed by atoms with Crippen LogP contribution < -0.4 is 5.32 Å². The normalized spacial score (nSPS) is 12.2. The van der Waals surface area contributed by atoms with E-state index in [-0.39, 0.29) is 12.5 Å². The molecule has 0 saturated carbocycles. The van der Waals surface area contributed by atoms with E-state index in [9.17, 15) is 14.4 Å². The zero-order valence-corrected chi connectivity index (χ0v) is 16.6. The second-order valence-electron chi connectivity index (χ2n) is 7.21. The van der Waals surface area contributed by atoms with Gasteiger partial charge >= 0.3 is 18.0 Å². The highest BCUT2D eigenvalue weighted by Crippen LogP contribution is 2.16. The van der Waals surface area contributed by atoms with Gasteiger partial charge in [-0.15, -0.1) is 0 Å². The van der Waals surface area contributed by atoms with E-state index in [0.29, 0.717) is 12.8 Å². The number of alkyl carbamates (subject to hydrolysis) is 1. The summed E-state index contributed by atoms with van der Waals surface area (Å²) in [6.45, 7) is 5.34. The lowest BCUT2D eigenvalue weighted by atomic mass is 9.96. The van der Waals surface area contributed by atoms with Crippen molar-refractivity contribution in [3.05, 3.63) is 35.9 Å². The number of ether oxygens (including phenoxy) is 3. The van der Waals surface area contributed by atoms with Crippen molar-refractivity contribution < 1.29 is 28.6 Å². The van der Waals surface area contributed by atoms with Crippen molar-refractivity contribution in [2.24, 2.45) is 5.92 Å². The standard InChI is InChI=1S/C20H29NO6/c1-20(2,3)27-19(24)21-15(13-14-9-7-6-8-10-14)11-12-16(17(22)25-4)18(23)26-5/h6-10,15-16H,11-13H2,1-5H3,(H,21,24)/t15-/m0/s1. The maximum Gasteiger partial charge on any atom is 0.407 e. The average Bonchev–Trinajstić information content (AvgIpc) is 2.60. The summed E-state index contributed by atoms with van der Waals surface area (Å²) in [6.07, 6.45) is 0.557. The Balaban J connectivity index is 2.84. The number of benzene rings is 1. The molecule has 0 aliphatic heterocycles. The average molecular weight is 379 g/mol. The number of esters is 2. The Morgan fingerprint density at radius 3 is 2.00 bits per heavy atom. The number of rotatable bonds is 8. The van der Waals surface area contributed by atoms with Gasteiger partial charge in [-0.25, -0.2) is 4.79 Å². The Hall–Kier alpha value is -2.57. The molecule has 0 radical (unpaired) electrons. The maximum atomic E-state index is 12.2. The monoisotopic (exact) mass is 379 g/mol. The van der Waals surface area contributed by atoms with E-state index in [0.717, 1.165) is 5.56 Å². The largest absolute Gasteiger partial charge is 0.468 e. The molecule has 0 fully saturated rings. The molecule has 1 aromatic carbocycles. The van der Waals surface area contributed by atoms with Gasteiger partial charge in [-0.1, -0.05) is 30.3 Å². The van der Waals surface area contributed by atoms with Crippen LogP contribution in [-0.2, 0) is 30.2 Å². The lowest BCUT2D eigenvalue weighted by molar-refractivity contribution is -0.159. The third-order valence-corrected chi connectivity index (χ3v) is 3.82. The van der Waals surface area contributed by atoms with Crippen molar-refractivity contribution in [3.63, 3.8) is 0 Å². The van der Waals surface area contributed by atoms with E-state index in [1.54, 1.807) is 20.8 Å². The van der Waals surface area contributed by atoms with Crippen LogP contribution in [0.1, 0.15) is 39.2 Å². The SMILES string of the molecule is COC(=O)C(CC[C@@H](Cc1ccccc1)NC(=O)OC(C)(C)C)C(=O)OC. The number of methoxy groups -OCH3 is 2. The summed E-state index contributed by atoms with van der Waals surface area (Å²) in [5.74, 6) is -2.34. The molecular formula is C20H29NO6. The molecule has 1 rings (SSSR count). The summed E-state index contributed by atoms with van der Waals surface area (Å²) in [5, 5.41) is 2.83. The van der Waals surface area contributed by atoms with Gasteiger partial charge in [0.15, 0.2) is 5.92 Å². The van der Waals surface area contributed by atoms with Crippen molar-refractivity contribution >= 4 is 18.0 Å². The quantitative estimate of drug-likeness (QED) is 0.424. The van der Waals surface area contributed by atoms with Gasteiger partial charge in [0.25, 0.3) is 0 Å². The van der Waals surface area contributed by atoms with Crippen LogP contribution in [0.2, 0.25) is 0 Å². The minimum Gasteiger partial charge on any atom is -0.468 e. The molecular weight excluding hydrogens is 350 g/mol. The van der Waals surface area contributed by atoms with Crippen LogP contribution >= 0.6 is 0 Å². The molecule has 150 valence electrons. The Kier molecular flexibility index (Phi) is 8.78. The molecule has 1 amide bonds. The van der Waals surface area contributed by atoms with Crippen molar-refractivity contribution in [1.29, 1.82) is 0 Å². The Morgan fingerprint density at radius 1 is 0.963 bits per heavy atom. The van der Waals surface area contributed by atoms with Crippen LogP contribution in [0.4, 0.5) is 4.79 Å². The molecule has 0 unspecified atom stereocenters. The molecule has 0 aliphatic rings. The van der Waals surface area contributed by atoms with Gasteiger partial charge in [0.05, 0.1) is 14.2 Å². The molecule has 1 atom stereocenters. The highest BCUT2D eigenvalue weighted by molar-refractivity contribution is 5.94. The fourth-order valence-electron chi connectivity index (χ4n) is 2.58. The number of hydrogen-bond acceptors (Lipinski definition) is 6. The van der Waals surface area contributed by atoms with Crippen LogP contribution in [0.3, 0.4) is 0 Å². The smallest absolute Gasteiger partial charge is 0.407 e. The van der Waals surface area contributed by atoms with E-state index in [1.165, 1.54) is 14.2 Å². The summed E-state index contributed by atoms with van der Waals surface area (Å²) < 4.78 is 14.7.